The molecule has 0 amide bonds. The number of para-hydroxylation sites is 2. The first-order valence-electron chi connectivity index (χ1n) is 20.9. The minimum atomic E-state index is -0.393. The summed E-state index contributed by atoms with van der Waals surface area (Å²) in [6.45, 7) is 0. The molecule has 9 aromatic carbocycles. The van der Waals surface area contributed by atoms with Gasteiger partial charge in [0.15, 0.2) is 11.5 Å². The molecule has 61 heavy (non-hydrogen) atoms. The number of rotatable bonds is 3. The third-order valence-electron chi connectivity index (χ3n) is 13.5. The van der Waals surface area contributed by atoms with Crippen molar-refractivity contribution in [2.45, 2.75) is 5.41 Å². The monoisotopic (exact) mass is 775 g/mol. The van der Waals surface area contributed by atoms with Crippen LogP contribution in [0.4, 0.5) is 0 Å². The molecule has 4 heteroatoms. The maximum absolute atomic E-state index is 6.39. The molecule has 0 saturated carbocycles. The van der Waals surface area contributed by atoms with Gasteiger partial charge in [0.25, 0.3) is 0 Å². The van der Waals surface area contributed by atoms with Crippen LogP contribution in [-0.4, -0.2) is 14.6 Å². The van der Waals surface area contributed by atoms with Crippen LogP contribution in [0.2, 0.25) is 0 Å². The molecular formula is C57H33N3O. The summed E-state index contributed by atoms with van der Waals surface area (Å²) in [7, 11) is 0. The Labute approximate surface area is 350 Å². The van der Waals surface area contributed by atoms with Gasteiger partial charge in [0.1, 0.15) is 11.2 Å². The predicted octanol–water partition coefficient (Wildman–Crippen LogP) is 14.3. The molecule has 3 aromatic heterocycles. The standard InChI is InChI=1S/C57H33N3O/c1-2-17-46-39(12-1)47-32-36(37-28-30-43-42-15-5-9-22-50(42)57(51(43)33-37)48-20-7-3-13-40(48)41-14-4-8-21-49(41)57)29-31-52(47)60-55(58-59-56(46)60)35-26-24-34(25-27-35)38-18-11-19-45-44-16-6-10-23-53(44)61-54(38)45/h1-33H. The SMILES string of the molecule is c1ccc2c(c1)-c1ccccc1C21c2ccccc2-c2ccc(-c3ccc4c(c3)c3ccccc3c3nnc(-c5ccc(-c6cccc7c6oc6ccccc67)cc5)n43)cc21. The number of furan rings is 1. The number of hydrogen-bond donors (Lipinski definition) is 0. The van der Waals surface area contributed by atoms with Crippen molar-refractivity contribution >= 4 is 49.3 Å². The van der Waals surface area contributed by atoms with E-state index < -0.39 is 5.41 Å². The van der Waals surface area contributed by atoms with E-state index in [4.69, 9.17) is 14.6 Å². The Morgan fingerprint density at radius 1 is 0.361 bits per heavy atom. The van der Waals surface area contributed by atoms with E-state index in [1.54, 1.807) is 0 Å². The maximum atomic E-state index is 6.39. The van der Waals surface area contributed by atoms with E-state index >= 15 is 0 Å². The third kappa shape index (κ3) is 4.28. The lowest BCUT2D eigenvalue weighted by molar-refractivity contribution is 0.670. The number of pyridine rings is 1. The molecule has 0 radical (unpaired) electrons. The third-order valence-corrected chi connectivity index (χ3v) is 13.5. The topological polar surface area (TPSA) is 43.3 Å². The van der Waals surface area contributed by atoms with Crippen LogP contribution in [0, 0.1) is 0 Å². The molecule has 0 N–H and O–H groups in total. The van der Waals surface area contributed by atoms with Crippen LogP contribution in [0.25, 0.3) is 105 Å². The van der Waals surface area contributed by atoms with Crippen molar-refractivity contribution in [1.29, 1.82) is 0 Å². The van der Waals surface area contributed by atoms with Crippen LogP contribution < -0.4 is 0 Å². The zero-order valence-electron chi connectivity index (χ0n) is 32.8. The molecule has 0 aliphatic heterocycles. The summed E-state index contributed by atoms with van der Waals surface area (Å²) < 4.78 is 8.62. The molecule has 282 valence electrons. The van der Waals surface area contributed by atoms with Gasteiger partial charge in [0, 0.05) is 32.7 Å². The Balaban J connectivity index is 0.935. The van der Waals surface area contributed by atoms with Crippen LogP contribution in [0.1, 0.15) is 22.3 Å². The first-order valence-corrected chi connectivity index (χ1v) is 20.9. The Morgan fingerprint density at radius 2 is 0.902 bits per heavy atom. The second-order valence-corrected chi connectivity index (χ2v) is 16.5. The molecule has 4 nitrogen and oxygen atoms in total. The van der Waals surface area contributed by atoms with Crippen molar-refractivity contribution in [1.82, 2.24) is 14.6 Å². The number of nitrogens with zero attached hydrogens (tertiary/aromatic N) is 3. The highest BCUT2D eigenvalue weighted by atomic mass is 16.3. The zero-order valence-corrected chi connectivity index (χ0v) is 32.8. The molecular weight excluding hydrogens is 743 g/mol. The predicted molar refractivity (Wildman–Crippen MR) is 248 cm³/mol. The van der Waals surface area contributed by atoms with Gasteiger partial charge in [-0.2, -0.15) is 0 Å². The summed E-state index contributed by atoms with van der Waals surface area (Å²) in [4.78, 5) is 0. The Hall–Kier alpha value is -8.08. The summed E-state index contributed by atoms with van der Waals surface area (Å²) in [5, 5.41) is 15.3. The highest BCUT2D eigenvalue weighted by Crippen LogP contribution is 2.63. The largest absolute Gasteiger partial charge is 0.455 e. The quantitative estimate of drug-likeness (QED) is 0.168. The molecule has 0 saturated heterocycles. The first kappa shape index (κ1) is 32.8. The Morgan fingerprint density at radius 3 is 1.64 bits per heavy atom. The highest BCUT2D eigenvalue weighted by molar-refractivity contribution is 6.13. The molecule has 0 unspecified atom stereocenters. The smallest absolute Gasteiger partial charge is 0.169 e. The molecule has 2 aliphatic rings. The Kier molecular flexibility index (Phi) is 6.46. The highest BCUT2D eigenvalue weighted by Gasteiger charge is 2.51. The molecule has 2 aliphatic carbocycles. The summed E-state index contributed by atoms with van der Waals surface area (Å²) >= 11 is 0. The van der Waals surface area contributed by atoms with Crippen LogP contribution in [-0.2, 0) is 5.41 Å². The normalized spacial score (nSPS) is 13.4. The molecule has 0 bridgehead atoms. The van der Waals surface area contributed by atoms with Crippen molar-refractivity contribution in [3.8, 4) is 55.9 Å². The van der Waals surface area contributed by atoms with E-state index in [0.717, 1.165) is 71.8 Å². The van der Waals surface area contributed by atoms with Crippen LogP contribution >= 0.6 is 0 Å². The molecule has 1 spiro atoms. The van der Waals surface area contributed by atoms with E-state index in [0.29, 0.717) is 0 Å². The second-order valence-electron chi connectivity index (χ2n) is 16.5. The van der Waals surface area contributed by atoms with Gasteiger partial charge in [-0.05, 0) is 90.8 Å². The fourth-order valence-electron chi connectivity index (χ4n) is 11.0. The zero-order chi connectivity index (χ0) is 39.8. The van der Waals surface area contributed by atoms with Gasteiger partial charge in [0.2, 0.25) is 0 Å². The molecule has 12 aromatic rings. The lowest BCUT2D eigenvalue weighted by atomic mass is 9.70. The average Bonchev–Trinajstić information content (AvgIpc) is 4.09. The number of fused-ring (bicyclic) bond motifs is 19. The maximum Gasteiger partial charge on any atom is 0.169 e. The van der Waals surface area contributed by atoms with Gasteiger partial charge < -0.3 is 4.42 Å². The van der Waals surface area contributed by atoms with E-state index in [-0.39, 0.29) is 0 Å². The first-order chi connectivity index (χ1) is 30.3. The van der Waals surface area contributed by atoms with Crippen molar-refractivity contribution in [3.63, 3.8) is 0 Å². The lowest BCUT2D eigenvalue weighted by Gasteiger charge is -2.30. The Bertz CT molecular complexity index is 3770. The van der Waals surface area contributed by atoms with Gasteiger partial charge >= 0.3 is 0 Å². The summed E-state index contributed by atoms with van der Waals surface area (Å²) in [5.74, 6) is 0.808. The van der Waals surface area contributed by atoms with Crippen molar-refractivity contribution in [2.75, 3.05) is 0 Å². The molecule has 3 heterocycles. The second kappa shape index (κ2) is 12.0. The van der Waals surface area contributed by atoms with Crippen molar-refractivity contribution < 1.29 is 4.42 Å². The average molecular weight is 776 g/mol. The number of aromatic nitrogens is 3. The van der Waals surface area contributed by atoms with Gasteiger partial charge in [-0.1, -0.05) is 176 Å². The summed E-state index contributed by atoms with van der Waals surface area (Å²) in [5.41, 5.74) is 19.5. The number of benzene rings is 9. The van der Waals surface area contributed by atoms with E-state index in [2.05, 4.69) is 192 Å². The van der Waals surface area contributed by atoms with Gasteiger partial charge in [-0.3, -0.25) is 4.40 Å². The number of hydrogen-bond acceptors (Lipinski definition) is 3. The lowest BCUT2D eigenvalue weighted by Crippen LogP contribution is -2.25. The van der Waals surface area contributed by atoms with E-state index in [1.807, 2.05) is 12.1 Å². The van der Waals surface area contributed by atoms with Crippen molar-refractivity contribution in [3.05, 3.63) is 222 Å². The van der Waals surface area contributed by atoms with Gasteiger partial charge in [-0.15, -0.1) is 10.2 Å². The summed E-state index contributed by atoms with van der Waals surface area (Å²) in [6, 6.07) is 72.9. The minimum absolute atomic E-state index is 0.393. The van der Waals surface area contributed by atoms with Crippen LogP contribution in [0.3, 0.4) is 0 Å². The van der Waals surface area contributed by atoms with Gasteiger partial charge in [-0.25, -0.2) is 0 Å². The summed E-state index contributed by atoms with van der Waals surface area (Å²) in [6.07, 6.45) is 0. The van der Waals surface area contributed by atoms with Crippen LogP contribution in [0.5, 0.6) is 0 Å². The van der Waals surface area contributed by atoms with E-state index in [9.17, 15) is 0 Å². The van der Waals surface area contributed by atoms with Crippen LogP contribution in [0.15, 0.2) is 205 Å². The molecule has 14 rings (SSSR count). The molecule has 0 fully saturated rings. The fourth-order valence-corrected chi connectivity index (χ4v) is 11.0. The van der Waals surface area contributed by atoms with E-state index in [1.165, 1.54) is 55.6 Å². The fraction of sp³-hybridized carbons (Fsp3) is 0.0175. The minimum Gasteiger partial charge on any atom is -0.455 e. The van der Waals surface area contributed by atoms with Crippen molar-refractivity contribution in [2.24, 2.45) is 0 Å². The molecule has 0 atom stereocenters. The van der Waals surface area contributed by atoms with Gasteiger partial charge in [0.05, 0.1) is 10.9 Å².